The lowest BCUT2D eigenvalue weighted by molar-refractivity contribution is -0.105. The van der Waals surface area contributed by atoms with Crippen molar-refractivity contribution >= 4 is 12.1 Å². The number of carbonyl (C=O) groups is 1. The van der Waals surface area contributed by atoms with Crippen LogP contribution in [0, 0.1) is 11.8 Å². The van der Waals surface area contributed by atoms with Gasteiger partial charge in [-0.2, -0.15) is 0 Å². The highest BCUT2D eigenvalue weighted by Gasteiger charge is 1.95. The minimum absolute atomic E-state index is 0.384. The first kappa shape index (κ1) is 10.3. The summed E-state index contributed by atoms with van der Waals surface area (Å²) < 4.78 is 4.80. The Hall–Kier alpha value is -1.79. The lowest BCUT2D eigenvalue weighted by Gasteiger charge is -2.00. The van der Waals surface area contributed by atoms with Crippen LogP contribution < -0.4 is 5.32 Å². The van der Waals surface area contributed by atoms with E-state index >= 15 is 0 Å². The molecule has 0 heterocycles. The molecule has 0 aliphatic carbocycles. The van der Waals surface area contributed by atoms with Gasteiger partial charge in [0.05, 0.1) is 5.69 Å². The van der Waals surface area contributed by atoms with E-state index in [9.17, 15) is 4.79 Å². The molecule has 1 aromatic rings. The van der Waals surface area contributed by atoms with Crippen LogP contribution in [0.25, 0.3) is 0 Å². The van der Waals surface area contributed by atoms with Gasteiger partial charge >= 0.3 is 0 Å². The number of hydrogen-bond donors (Lipinski definition) is 1. The Morgan fingerprint density at radius 3 is 3.00 bits per heavy atom. The number of benzene rings is 1. The van der Waals surface area contributed by atoms with E-state index in [1.165, 1.54) is 0 Å². The van der Waals surface area contributed by atoms with Crippen molar-refractivity contribution in [2.75, 3.05) is 19.0 Å². The van der Waals surface area contributed by atoms with Gasteiger partial charge < -0.3 is 10.1 Å². The predicted molar refractivity (Wildman–Crippen MR) is 54.9 cm³/mol. The maximum absolute atomic E-state index is 10.3. The van der Waals surface area contributed by atoms with Crippen molar-refractivity contribution < 1.29 is 9.53 Å². The fourth-order valence-corrected chi connectivity index (χ4v) is 0.985. The monoisotopic (exact) mass is 189 g/mol. The number of ether oxygens (including phenoxy) is 1. The summed E-state index contributed by atoms with van der Waals surface area (Å²) in [6, 6.07) is 7.35. The third-order valence-electron chi connectivity index (χ3n) is 1.58. The molecule has 3 heteroatoms. The van der Waals surface area contributed by atoms with Gasteiger partial charge in [-0.3, -0.25) is 4.79 Å². The Morgan fingerprint density at radius 2 is 2.29 bits per heavy atom. The number of carbonyl (C=O) groups excluding carboxylic acids is 1. The standard InChI is InChI=1S/C11H11NO2/c1-14-8-4-6-10-5-2-3-7-11(10)12-9-13/h2-3,5,7,9H,8H2,1H3,(H,12,13). The zero-order chi connectivity index (χ0) is 10.2. The fourth-order valence-electron chi connectivity index (χ4n) is 0.985. The van der Waals surface area contributed by atoms with E-state index in [2.05, 4.69) is 17.2 Å². The molecule has 0 saturated carbocycles. The van der Waals surface area contributed by atoms with Crippen LogP contribution in [-0.2, 0) is 9.53 Å². The maximum atomic E-state index is 10.3. The molecular weight excluding hydrogens is 178 g/mol. The Labute approximate surface area is 83.1 Å². The first-order chi connectivity index (χ1) is 6.88. The third-order valence-corrected chi connectivity index (χ3v) is 1.58. The fraction of sp³-hybridized carbons (Fsp3) is 0.182. The molecule has 3 nitrogen and oxygen atoms in total. The van der Waals surface area contributed by atoms with E-state index in [4.69, 9.17) is 4.74 Å². The van der Waals surface area contributed by atoms with Crippen LogP contribution in [0.3, 0.4) is 0 Å². The van der Waals surface area contributed by atoms with Crippen molar-refractivity contribution in [3.8, 4) is 11.8 Å². The average molecular weight is 189 g/mol. The highest BCUT2D eigenvalue weighted by molar-refractivity contribution is 5.75. The van der Waals surface area contributed by atoms with Gasteiger partial charge in [0.25, 0.3) is 0 Å². The van der Waals surface area contributed by atoms with E-state index in [0.717, 1.165) is 5.56 Å². The van der Waals surface area contributed by atoms with Gasteiger partial charge in [-0.25, -0.2) is 0 Å². The largest absolute Gasteiger partial charge is 0.372 e. The summed E-state index contributed by atoms with van der Waals surface area (Å²) in [6.45, 7) is 0.384. The smallest absolute Gasteiger partial charge is 0.211 e. The molecule has 1 aromatic carbocycles. The van der Waals surface area contributed by atoms with Gasteiger partial charge in [0.2, 0.25) is 6.41 Å². The second-order valence-electron chi connectivity index (χ2n) is 2.54. The number of methoxy groups -OCH3 is 1. The minimum atomic E-state index is 0.384. The number of amides is 1. The normalized spacial score (nSPS) is 8.64. The molecule has 0 fully saturated rings. The number of anilines is 1. The SMILES string of the molecule is COCC#Cc1ccccc1NC=O. The summed E-state index contributed by atoms with van der Waals surface area (Å²) in [4.78, 5) is 10.3. The van der Waals surface area contributed by atoms with Gasteiger partial charge in [0.1, 0.15) is 6.61 Å². The summed E-state index contributed by atoms with van der Waals surface area (Å²) >= 11 is 0. The average Bonchev–Trinajstić information content (AvgIpc) is 2.21. The Balaban J connectivity index is 2.85. The van der Waals surface area contributed by atoms with Gasteiger partial charge in [0.15, 0.2) is 0 Å². The second-order valence-corrected chi connectivity index (χ2v) is 2.54. The van der Waals surface area contributed by atoms with Gasteiger partial charge in [0, 0.05) is 12.7 Å². The summed E-state index contributed by atoms with van der Waals surface area (Å²) in [6.07, 6.45) is 0.636. The molecule has 0 atom stereocenters. The molecule has 0 aliphatic rings. The van der Waals surface area contributed by atoms with Crippen LogP contribution in [-0.4, -0.2) is 20.1 Å². The molecule has 1 N–H and O–H groups in total. The molecule has 0 aliphatic heterocycles. The summed E-state index contributed by atoms with van der Waals surface area (Å²) in [5.41, 5.74) is 1.50. The molecular formula is C11H11NO2. The van der Waals surface area contributed by atoms with Crippen LogP contribution >= 0.6 is 0 Å². The van der Waals surface area contributed by atoms with E-state index < -0.39 is 0 Å². The highest BCUT2D eigenvalue weighted by atomic mass is 16.5. The predicted octanol–water partition coefficient (Wildman–Crippen LogP) is 1.25. The van der Waals surface area contributed by atoms with Crippen molar-refractivity contribution in [2.24, 2.45) is 0 Å². The van der Waals surface area contributed by atoms with Crippen LogP contribution in [0.1, 0.15) is 5.56 Å². The van der Waals surface area contributed by atoms with E-state index in [1.807, 2.05) is 18.2 Å². The molecule has 1 rings (SSSR count). The molecule has 0 unspecified atom stereocenters. The van der Waals surface area contributed by atoms with Crippen molar-refractivity contribution in [3.63, 3.8) is 0 Å². The van der Waals surface area contributed by atoms with Gasteiger partial charge in [-0.1, -0.05) is 24.0 Å². The zero-order valence-corrected chi connectivity index (χ0v) is 7.91. The van der Waals surface area contributed by atoms with E-state index in [-0.39, 0.29) is 0 Å². The minimum Gasteiger partial charge on any atom is -0.372 e. The Kier molecular flexibility index (Phi) is 4.25. The highest BCUT2D eigenvalue weighted by Crippen LogP contribution is 2.11. The molecule has 72 valence electrons. The van der Waals surface area contributed by atoms with Crippen LogP contribution in [0.15, 0.2) is 24.3 Å². The molecule has 1 amide bonds. The zero-order valence-electron chi connectivity index (χ0n) is 7.91. The number of hydrogen-bond acceptors (Lipinski definition) is 2. The van der Waals surface area contributed by atoms with E-state index in [1.54, 1.807) is 13.2 Å². The summed E-state index contributed by atoms with van der Waals surface area (Å²) in [5.74, 6) is 5.72. The molecule has 0 saturated heterocycles. The number of rotatable bonds is 3. The summed E-state index contributed by atoms with van der Waals surface area (Å²) in [5, 5.41) is 2.58. The number of nitrogens with one attached hydrogen (secondary N) is 1. The lowest BCUT2D eigenvalue weighted by atomic mass is 10.2. The summed E-state index contributed by atoms with van der Waals surface area (Å²) in [7, 11) is 1.59. The van der Waals surface area contributed by atoms with Crippen LogP contribution in [0.4, 0.5) is 5.69 Å². The first-order valence-electron chi connectivity index (χ1n) is 4.15. The molecule has 0 radical (unpaired) electrons. The van der Waals surface area contributed by atoms with Crippen LogP contribution in [0.2, 0.25) is 0 Å². The molecule has 0 bridgehead atoms. The topological polar surface area (TPSA) is 38.3 Å². The van der Waals surface area contributed by atoms with Crippen molar-refractivity contribution in [1.82, 2.24) is 0 Å². The van der Waals surface area contributed by atoms with Crippen molar-refractivity contribution in [1.29, 1.82) is 0 Å². The van der Waals surface area contributed by atoms with Crippen LogP contribution in [0.5, 0.6) is 0 Å². The second kappa shape index (κ2) is 5.79. The quantitative estimate of drug-likeness (QED) is 0.574. The Bertz CT molecular complexity index is 363. The third kappa shape index (κ3) is 2.92. The molecule has 0 aromatic heterocycles. The van der Waals surface area contributed by atoms with Crippen molar-refractivity contribution in [3.05, 3.63) is 29.8 Å². The van der Waals surface area contributed by atoms with E-state index in [0.29, 0.717) is 18.7 Å². The Morgan fingerprint density at radius 1 is 1.50 bits per heavy atom. The number of para-hydroxylation sites is 1. The molecule has 0 spiro atoms. The van der Waals surface area contributed by atoms with Gasteiger partial charge in [-0.15, -0.1) is 0 Å². The molecule has 14 heavy (non-hydrogen) atoms. The first-order valence-corrected chi connectivity index (χ1v) is 4.15. The lowest BCUT2D eigenvalue weighted by Crippen LogP contribution is -1.96. The van der Waals surface area contributed by atoms with Gasteiger partial charge in [-0.05, 0) is 12.1 Å². The van der Waals surface area contributed by atoms with Crippen molar-refractivity contribution in [2.45, 2.75) is 0 Å². The maximum Gasteiger partial charge on any atom is 0.211 e.